The Labute approximate surface area is 107 Å². The van der Waals surface area contributed by atoms with Crippen LogP contribution in [-0.2, 0) is 0 Å². The number of aromatic hydroxyl groups is 1. The number of hydrogen-bond donors (Lipinski definition) is 3. The van der Waals surface area contributed by atoms with Crippen LogP contribution in [0.15, 0.2) is 48.5 Å². The topological polar surface area (TPSA) is 81.5 Å². The number of hydrogen-bond acceptors (Lipinski definition) is 4. The SMILES string of the molecule is CCOc1ccccc1N.Nc1ccccc1O. The van der Waals surface area contributed by atoms with Crippen LogP contribution in [0.4, 0.5) is 11.4 Å². The number of nitrogens with two attached hydrogens (primary N) is 2. The van der Waals surface area contributed by atoms with Crippen molar-refractivity contribution in [3.8, 4) is 11.5 Å². The van der Waals surface area contributed by atoms with Gasteiger partial charge in [0.15, 0.2) is 0 Å². The molecule has 0 saturated carbocycles. The summed E-state index contributed by atoms with van der Waals surface area (Å²) in [5.74, 6) is 0.914. The molecule has 18 heavy (non-hydrogen) atoms. The maximum Gasteiger partial charge on any atom is 0.142 e. The Morgan fingerprint density at radius 1 is 0.944 bits per heavy atom. The summed E-state index contributed by atoms with van der Waals surface area (Å²) in [4.78, 5) is 0. The Morgan fingerprint density at radius 2 is 1.50 bits per heavy atom. The van der Waals surface area contributed by atoms with Gasteiger partial charge in [-0.05, 0) is 31.2 Å². The minimum atomic E-state index is 0.146. The van der Waals surface area contributed by atoms with Crippen molar-refractivity contribution in [2.45, 2.75) is 6.92 Å². The van der Waals surface area contributed by atoms with Gasteiger partial charge >= 0.3 is 0 Å². The zero-order chi connectivity index (χ0) is 13.4. The van der Waals surface area contributed by atoms with Crippen molar-refractivity contribution in [2.75, 3.05) is 18.1 Å². The molecular weight excluding hydrogens is 228 g/mol. The Kier molecular flexibility index (Phi) is 5.38. The van der Waals surface area contributed by atoms with E-state index in [0.717, 1.165) is 5.75 Å². The summed E-state index contributed by atoms with van der Waals surface area (Å²) in [6, 6.07) is 14.2. The van der Waals surface area contributed by atoms with Crippen molar-refractivity contribution in [3.05, 3.63) is 48.5 Å². The molecule has 0 aliphatic rings. The summed E-state index contributed by atoms with van der Waals surface area (Å²) in [6.07, 6.45) is 0. The van der Waals surface area contributed by atoms with Crippen molar-refractivity contribution < 1.29 is 9.84 Å². The molecule has 0 unspecified atom stereocenters. The highest BCUT2D eigenvalue weighted by molar-refractivity contribution is 5.51. The molecule has 0 spiro atoms. The van der Waals surface area contributed by atoms with E-state index in [4.69, 9.17) is 21.3 Å². The van der Waals surface area contributed by atoms with E-state index in [1.165, 1.54) is 0 Å². The third kappa shape index (κ3) is 4.25. The van der Waals surface area contributed by atoms with E-state index in [9.17, 15) is 0 Å². The van der Waals surface area contributed by atoms with E-state index in [2.05, 4.69) is 0 Å². The molecule has 2 rings (SSSR count). The number of phenolic OH excluding ortho intramolecular Hbond substituents is 1. The van der Waals surface area contributed by atoms with Gasteiger partial charge in [-0.3, -0.25) is 0 Å². The van der Waals surface area contributed by atoms with Crippen LogP contribution in [0.3, 0.4) is 0 Å². The summed E-state index contributed by atoms with van der Waals surface area (Å²) in [5.41, 5.74) is 12.0. The molecule has 4 heteroatoms. The van der Waals surface area contributed by atoms with Gasteiger partial charge in [-0.2, -0.15) is 0 Å². The van der Waals surface area contributed by atoms with E-state index >= 15 is 0 Å². The predicted octanol–water partition coefficient (Wildman–Crippen LogP) is 2.64. The predicted molar refractivity (Wildman–Crippen MR) is 74.5 cm³/mol. The van der Waals surface area contributed by atoms with Crippen molar-refractivity contribution in [1.29, 1.82) is 0 Å². The lowest BCUT2D eigenvalue weighted by Gasteiger charge is -2.04. The number of ether oxygens (including phenoxy) is 1. The lowest BCUT2D eigenvalue weighted by Crippen LogP contribution is -1.95. The molecule has 0 aliphatic carbocycles. The molecule has 0 bridgehead atoms. The zero-order valence-electron chi connectivity index (χ0n) is 10.3. The number of benzene rings is 2. The van der Waals surface area contributed by atoms with Crippen molar-refractivity contribution >= 4 is 11.4 Å². The van der Waals surface area contributed by atoms with Gasteiger partial charge in [0.2, 0.25) is 0 Å². The van der Waals surface area contributed by atoms with E-state index in [0.29, 0.717) is 18.0 Å². The molecule has 0 amide bonds. The third-order valence-electron chi connectivity index (χ3n) is 2.16. The molecule has 96 valence electrons. The minimum Gasteiger partial charge on any atom is -0.506 e. The van der Waals surface area contributed by atoms with Crippen LogP contribution in [0.25, 0.3) is 0 Å². The van der Waals surface area contributed by atoms with Gasteiger partial charge in [0.25, 0.3) is 0 Å². The number of para-hydroxylation sites is 4. The first kappa shape index (κ1) is 13.7. The average molecular weight is 246 g/mol. The number of nitrogen functional groups attached to an aromatic ring is 2. The van der Waals surface area contributed by atoms with Crippen LogP contribution in [0.2, 0.25) is 0 Å². The fraction of sp³-hybridized carbons (Fsp3) is 0.143. The van der Waals surface area contributed by atoms with Crippen molar-refractivity contribution in [1.82, 2.24) is 0 Å². The van der Waals surface area contributed by atoms with Gasteiger partial charge in [0, 0.05) is 0 Å². The average Bonchev–Trinajstić information content (AvgIpc) is 2.37. The van der Waals surface area contributed by atoms with Crippen LogP contribution < -0.4 is 16.2 Å². The van der Waals surface area contributed by atoms with E-state index in [1.54, 1.807) is 24.3 Å². The quantitative estimate of drug-likeness (QED) is 0.562. The Bertz CT molecular complexity index is 466. The van der Waals surface area contributed by atoms with Gasteiger partial charge < -0.3 is 21.3 Å². The standard InChI is InChI=1S/C8H11NO.C6H7NO/c1-2-10-8-6-4-3-5-7(8)9;7-5-3-1-2-4-6(5)8/h3-6H,2,9H2,1H3;1-4,8H,7H2. The van der Waals surface area contributed by atoms with E-state index in [-0.39, 0.29) is 5.75 Å². The molecule has 4 nitrogen and oxygen atoms in total. The number of rotatable bonds is 2. The maximum atomic E-state index is 8.79. The maximum absolute atomic E-state index is 8.79. The number of phenols is 1. The van der Waals surface area contributed by atoms with Gasteiger partial charge in [-0.25, -0.2) is 0 Å². The largest absolute Gasteiger partial charge is 0.506 e. The van der Waals surface area contributed by atoms with Crippen molar-refractivity contribution in [3.63, 3.8) is 0 Å². The molecule has 0 radical (unpaired) electrons. The molecule has 2 aromatic carbocycles. The minimum absolute atomic E-state index is 0.146. The molecule has 5 N–H and O–H groups in total. The number of anilines is 2. The van der Waals surface area contributed by atoms with Gasteiger partial charge in [-0.15, -0.1) is 0 Å². The summed E-state index contributed by atoms with van der Waals surface area (Å²) >= 11 is 0. The first-order valence-electron chi connectivity index (χ1n) is 5.66. The Balaban J connectivity index is 0.000000184. The monoisotopic (exact) mass is 246 g/mol. The molecule has 0 heterocycles. The van der Waals surface area contributed by atoms with E-state index < -0.39 is 0 Å². The summed E-state index contributed by atoms with van der Waals surface area (Å²) in [5, 5.41) is 8.79. The third-order valence-corrected chi connectivity index (χ3v) is 2.16. The second-order valence-corrected chi connectivity index (χ2v) is 3.53. The molecule has 0 fully saturated rings. The Morgan fingerprint density at radius 3 is 1.94 bits per heavy atom. The second-order valence-electron chi connectivity index (χ2n) is 3.53. The van der Waals surface area contributed by atoms with Crippen LogP contribution >= 0.6 is 0 Å². The normalized spacial score (nSPS) is 9.17. The first-order chi connectivity index (χ1) is 8.65. The van der Waals surface area contributed by atoms with E-state index in [1.807, 2.05) is 31.2 Å². The van der Waals surface area contributed by atoms with Crippen molar-refractivity contribution in [2.24, 2.45) is 0 Å². The smallest absolute Gasteiger partial charge is 0.142 e. The van der Waals surface area contributed by atoms with Gasteiger partial charge in [0.1, 0.15) is 11.5 Å². The van der Waals surface area contributed by atoms with Crippen LogP contribution in [0.5, 0.6) is 11.5 Å². The molecule has 0 saturated heterocycles. The van der Waals surface area contributed by atoms with Crippen LogP contribution in [0, 0.1) is 0 Å². The van der Waals surface area contributed by atoms with Crippen LogP contribution in [-0.4, -0.2) is 11.7 Å². The fourth-order valence-corrected chi connectivity index (χ4v) is 1.26. The van der Waals surface area contributed by atoms with Gasteiger partial charge in [-0.1, -0.05) is 24.3 Å². The lowest BCUT2D eigenvalue weighted by molar-refractivity contribution is 0.342. The fourth-order valence-electron chi connectivity index (χ4n) is 1.26. The lowest BCUT2D eigenvalue weighted by atomic mass is 10.3. The molecular formula is C14H18N2O2. The highest BCUT2D eigenvalue weighted by Gasteiger charge is 1.93. The highest BCUT2D eigenvalue weighted by Crippen LogP contribution is 2.19. The first-order valence-corrected chi connectivity index (χ1v) is 5.66. The highest BCUT2D eigenvalue weighted by atomic mass is 16.5. The second kappa shape index (κ2) is 7.06. The summed E-state index contributed by atoms with van der Waals surface area (Å²) in [6.45, 7) is 2.60. The molecule has 0 aromatic heterocycles. The summed E-state index contributed by atoms with van der Waals surface area (Å²) < 4.78 is 5.21. The molecule has 0 aliphatic heterocycles. The molecule has 0 atom stereocenters. The Hall–Kier alpha value is -2.36. The zero-order valence-corrected chi connectivity index (χ0v) is 10.3. The van der Waals surface area contributed by atoms with Crippen LogP contribution in [0.1, 0.15) is 6.92 Å². The van der Waals surface area contributed by atoms with Gasteiger partial charge in [0.05, 0.1) is 18.0 Å². The summed E-state index contributed by atoms with van der Waals surface area (Å²) in [7, 11) is 0. The molecule has 2 aromatic rings.